The molecule has 0 bridgehead atoms. The fourth-order valence-corrected chi connectivity index (χ4v) is 2.54. The monoisotopic (exact) mass is 303 g/mol. The number of aryl methyl sites for hydroxylation is 1. The minimum atomic E-state index is 0.693. The van der Waals surface area contributed by atoms with Crippen molar-refractivity contribution in [3.05, 3.63) is 85.1 Å². The smallest absolute Gasteiger partial charge is 0.213 e. The normalized spacial score (nSPS) is 11.1. The van der Waals surface area contributed by atoms with Crippen LogP contribution in [0.2, 0.25) is 0 Å². The second kappa shape index (κ2) is 8.04. The Bertz CT molecular complexity index is 754. The highest BCUT2D eigenvalue weighted by atomic mass is 15.0. The number of benzene rings is 1. The minimum Gasteiger partial charge on any atom is -0.265 e. The van der Waals surface area contributed by atoms with Gasteiger partial charge in [0.15, 0.2) is 12.7 Å². The van der Waals surface area contributed by atoms with Crippen LogP contribution in [0.3, 0.4) is 0 Å². The highest BCUT2D eigenvalue weighted by Crippen LogP contribution is 2.26. The van der Waals surface area contributed by atoms with E-state index in [1.807, 2.05) is 24.3 Å². The van der Waals surface area contributed by atoms with Gasteiger partial charge < -0.3 is 0 Å². The van der Waals surface area contributed by atoms with Crippen molar-refractivity contribution in [2.24, 2.45) is 4.99 Å². The van der Waals surface area contributed by atoms with E-state index in [4.69, 9.17) is 0 Å². The van der Waals surface area contributed by atoms with Crippen LogP contribution in [0.1, 0.15) is 18.9 Å². The van der Waals surface area contributed by atoms with Gasteiger partial charge >= 0.3 is 0 Å². The molecule has 0 amide bonds. The molecule has 1 aromatic heterocycles. The summed E-state index contributed by atoms with van der Waals surface area (Å²) < 4.78 is 2.26. The van der Waals surface area contributed by atoms with Crippen molar-refractivity contribution in [2.75, 3.05) is 0 Å². The van der Waals surface area contributed by atoms with Crippen molar-refractivity contribution in [3.63, 3.8) is 0 Å². The lowest BCUT2D eigenvalue weighted by Gasteiger charge is -2.09. The molecule has 2 heteroatoms. The van der Waals surface area contributed by atoms with E-state index in [0.717, 1.165) is 29.8 Å². The van der Waals surface area contributed by atoms with Gasteiger partial charge in [-0.05, 0) is 25.8 Å². The Kier molecular flexibility index (Phi) is 5.81. The third-order valence-electron chi connectivity index (χ3n) is 3.79. The van der Waals surface area contributed by atoms with Gasteiger partial charge in [0.25, 0.3) is 0 Å². The first-order valence-corrected chi connectivity index (χ1v) is 7.69. The largest absolute Gasteiger partial charge is 0.265 e. The molecule has 0 aliphatic carbocycles. The molecule has 23 heavy (non-hydrogen) atoms. The summed E-state index contributed by atoms with van der Waals surface area (Å²) in [4.78, 5) is 4.00. The van der Waals surface area contributed by atoms with E-state index in [9.17, 15) is 0 Å². The van der Waals surface area contributed by atoms with Crippen LogP contribution in [0.4, 0.5) is 0 Å². The lowest BCUT2D eigenvalue weighted by molar-refractivity contribution is -0.685. The van der Waals surface area contributed by atoms with Crippen LogP contribution in [0.5, 0.6) is 0 Å². The Balaban J connectivity index is 2.42. The van der Waals surface area contributed by atoms with E-state index in [2.05, 4.69) is 72.9 Å². The number of allylic oxidation sites excluding steroid dienone is 3. The molecule has 1 aromatic carbocycles. The van der Waals surface area contributed by atoms with Gasteiger partial charge in [-0.3, -0.25) is 4.99 Å². The summed E-state index contributed by atoms with van der Waals surface area (Å²) in [7, 11) is 0. The standard InChI is InChI=1S/C21H23N2/c1-5-10-17(2)14-16-23-15-9-8-13-21(23)20-12-7-6-11-19(20)18(3)22-4/h5-13,15H,1,3-4,14,16H2,2H3/q+1/b17-10+. The molecule has 116 valence electrons. The third-order valence-corrected chi connectivity index (χ3v) is 3.79. The quantitative estimate of drug-likeness (QED) is 0.395. The minimum absolute atomic E-state index is 0.693. The topological polar surface area (TPSA) is 16.2 Å². The van der Waals surface area contributed by atoms with Gasteiger partial charge in [-0.2, -0.15) is 4.57 Å². The van der Waals surface area contributed by atoms with Crippen molar-refractivity contribution >= 4 is 12.4 Å². The SMILES string of the molecule is C=C/C=C(\C)CC[n+]1ccccc1-c1ccccc1C(=C)N=C. The van der Waals surface area contributed by atoms with Crippen LogP contribution < -0.4 is 4.57 Å². The average Bonchev–Trinajstić information content (AvgIpc) is 2.60. The number of hydrogen-bond donors (Lipinski definition) is 0. The predicted molar refractivity (Wildman–Crippen MR) is 99.2 cm³/mol. The number of pyridine rings is 1. The summed E-state index contributed by atoms with van der Waals surface area (Å²) in [6.07, 6.45) is 6.98. The molecule has 2 nitrogen and oxygen atoms in total. The number of aliphatic imine (C=N–C) groups is 1. The second-order valence-corrected chi connectivity index (χ2v) is 5.43. The van der Waals surface area contributed by atoms with E-state index in [1.165, 1.54) is 5.57 Å². The number of nitrogens with zero attached hydrogens (tertiary/aromatic N) is 2. The molecule has 0 saturated carbocycles. The van der Waals surface area contributed by atoms with Crippen LogP contribution in [0.25, 0.3) is 17.0 Å². The molecule has 0 aliphatic rings. The summed E-state index contributed by atoms with van der Waals surface area (Å²) in [5.74, 6) is 0. The lowest BCUT2D eigenvalue weighted by atomic mass is 10.0. The van der Waals surface area contributed by atoms with Crippen LogP contribution in [0.15, 0.2) is 84.5 Å². The summed E-state index contributed by atoms with van der Waals surface area (Å²) in [5.41, 5.74) is 5.29. The fraction of sp³-hybridized carbons (Fsp3) is 0.143. The molecule has 2 rings (SSSR count). The van der Waals surface area contributed by atoms with Crippen molar-refractivity contribution in [1.29, 1.82) is 0 Å². The number of aromatic nitrogens is 1. The first-order valence-electron chi connectivity index (χ1n) is 7.69. The Morgan fingerprint density at radius 3 is 2.65 bits per heavy atom. The molecule has 0 N–H and O–H groups in total. The van der Waals surface area contributed by atoms with E-state index >= 15 is 0 Å². The van der Waals surface area contributed by atoms with Crippen molar-refractivity contribution in [2.45, 2.75) is 19.9 Å². The van der Waals surface area contributed by atoms with Crippen LogP contribution >= 0.6 is 0 Å². The molecule has 2 aromatic rings. The van der Waals surface area contributed by atoms with Crippen LogP contribution in [-0.2, 0) is 6.54 Å². The summed E-state index contributed by atoms with van der Waals surface area (Å²) >= 11 is 0. The van der Waals surface area contributed by atoms with Crippen molar-refractivity contribution in [1.82, 2.24) is 0 Å². The molecule has 0 radical (unpaired) electrons. The van der Waals surface area contributed by atoms with E-state index in [1.54, 1.807) is 0 Å². The first kappa shape index (κ1) is 16.6. The van der Waals surface area contributed by atoms with Gasteiger partial charge in [-0.1, -0.05) is 49.1 Å². The van der Waals surface area contributed by atoms with Crippen molar-refractivity contribution < 1.29 is 4.57 Å². The maximum atomic E-state index is 4.00. The zero-order chi connectivity index (χ0) is 16.7. The number of rotatable bonds is 7. The van der Waals surface area contributed by atoms with Crippen LogP contribution in [-0.4, -0.2) is 6.72 Å². The Morgan fingerprint density at radius 2 is 1.91 bits per heavy atom. The molecule has 0 spiro atoms. The Morgan fingerprint density at radius 1 is 1.17 bits per heavy atom. The van der Waals surface area contributed by atoms with Gasteiger partial charge in [-0.15, -0.1) is 0 Å². The zero-order valence-corrected chi connectivity index (χ0v) is 13.7. The number of hydrogen-bond acceptors (Lipinski definition) is 1. The van der Waals surface area contributed by atoms with Crippen LogP contribution in [0, 0.1) is 0 Å². The molecule has 0 aliphatic heterocycles. The van der Waals surface area contributed by atoms with Gasteiger partial charge in [-0.25, -0.2) is 0 Å². The zero-order valence-electron chi connectivity index (χ0n) is 13.7. The molecular formula is C21H23N2+. The van der Waals surface area contributed by atoms with E-state index < -0.39 is 0 Å². The molecule has 0 saturated heterocycles. The van der Waals surface area contributed by atoms with Gasteiger partial charge in [0, 0.05) is 24.1 Å². The predicted octanol–water partition coefficient (Wildman–Crippen LogP) is 4.83. The second-order valence-electron chi connectivity index (χ2n) is 5.43. The van der Waals surface area contributed by atoms with Gasteiger partial charge in [0.05, 0.1) is 11.3 Å². The maximum absolute atomic E-state index is 4.00. The highest BCUT2D eigenvalue weighted by molar-refractivity contribution is 5.78. The van der Waals surface area contributed by atoms with Gasteiger partial charge in [0.1, 0.15) is 0 Å². The average molecular weight is 303 g/mol. The Hall–Kier alpha value is -2.74. The lowest BCUT2D eigenvalue weighted by Crippen LogP contribution is -2.36. The molecule has 0 atom stereocenters. The third kappa shape index (κ3) is 4.13. The maximum Gasteiger partial charge on any atom is 0.213 e. The molecular weight excluding hydrogens is 280 g/mol. The highest BCUT2D eigenvalue weighted by Gasteiger charge is 2.16. The summed E-state index contributed by atoms with van der Waals surface area (Å²) in [5, 5.41) is 0. The molecule has 0 fully saturated rings. The van der Waals surface area contributed by atoms with E-state index in [-0.39, 0.29) is 0 Å². The summed E-state index contributed by atoms with van der Waals surface area (Å²) in [6, 6.07) is 14.4. The van der Waals surface area contributed by atoms with E-state index in [0.29, 0.717) is 5.70 Å². The van der Waals surface area contributed by atoms with Gasteiger partial charge in [0.2, 0.25) is 5.69 Å². The first-order chi connectivity index (χ1) is 11.2. The fourth-order valence-electron chi connectivity index (χ4n) is 2.54. The molecule has 0 unspecified atom stereocenters. The van der Waals surface area contributed by atoms with Crippen molar-refractivity contribution in [3.8, 4) is 11.3 Å². The summed E-state index contributed by atoms with van der Waals surface area (Å²) in [6.45, 7) is 14.4. The molecule has 1 heterocycles. The Labute approximate surface area is 138 Å².